The number of rotatable bonds is 5. The van der Waals surface area contributed by atoms with Gasteiger partial charge in [-0.3, -0.25) is 9.64 Å². The first-order valence-electron chi connectivity index (χ1n) is 7.64. The van der Waals surface area contributed by atoms with E-state index in [-0.39, 0.29) is 12.1 Å². The van der Waals surface area contributed by atoms with Crippen molar-refractivity contribution in [2.24, 2.45) is 0 Å². The van der Waals surface area contributed by atoms with Crippen LogP contribution in [0.25, 0.3) is 0 Å². The highest BCUT2D eigenvalue weighted by Crippen LogP contribution is 2.33. The first kappa shape index (κ1) is 16.0. The fourth-order valence-corrected chi connectivity index (χ4v) is 3.58. The Balaban J connectivity index is 1.89. The highest BCUT2D eigenvalue weighted by Gasteiger charge is 2.40. The van der Waals surface area contributed by atoms with Gasteiger partial charge in [-0.05, 0) is 19.3 Å². The van der Waals surface area contributed by atoms with E-state index in [1.54, 1.807) is 0 Å². The molecular formula is C14H25F3N2O. The van der Waals surface area contributed by atoms with Crippen molar-refractivity contribution in [2.75, 3.05) is 26.2 Å². The molecule has 1 saturated heterocycles. The molecular weight excluding hydrogens is 269 g/mol. The third kappa shape index (κ3) is 4.33. The molecule has 1 N–H and O–H groups in total. The number of piperazine rings is 1. The maximum Gasteiger partial charge on any atom is 0.522 e. The zero-order valence-electron chi connectivity index (χ0n) is 12.1. The molecule has 3 nitrogen and oxygen atoms in total. The van der Waals surface area contributed by atoms with Crippen LogP contribution in [-0.2, 0) is 4.74 Å². The van der Waals surface area contributed by atoms with E-state index in [2.05, 4.69) is 21.9 Å². The SMILES string of the molecule is CCCC1CNC2(CCCC2)CN1CCOC(F)(F)F. The number of alkyl halides is 3. The quantitative estimate of drug-likeness (QED) is 0.844. The molecule has 1 aliphatic carbocycles. The topological polar surface area (TPSA) is 24.5 Å². The summed E-state index contributed by atoms with van der Waals surface area (Å²) in [5.74, 6) is 0. The van der Waals surface area contributed by atoms with Crippen LogP contribution in [0.5, 0.6) is 0 Å². The van der Waals surface area contributed by atoms with E-state index in [4.69, 9.17) is 0 Å². The van der Waals surface area contributed by atoms with Crippen LogP contribution in [0.4, 0.5) is 13.2 Å². The van der Waals surface area contributed by atoms with Gasteiger partial charge in [0.25, 0.3) is 0 Å². The average molecular weight is 294 g/mol. The summed E-state index contributed by atoms with van der Waals surface area (Å²) in [6.45, 7) is 3.97. The van der Waals surface area contributed by atoms with Gasteiger partial charge in [-0.15, -0.1) is 13.2 Å². The van der Waals surface area contributed by atoms with Crippen LogP contribution in [0.15, 0.2) is 0 Å². The van der Waals surface area contributed by atoms with E-state index < -0.39 is 6.36 Å². The maximum absolute atomic E-state index is 12.1. The Hall–Kier alpha value is -0.330. The molecule has 0 radical (unpaired) electrons. The largest absolute Gasteiger partial charge is 0.522 e. The minimum absolute atomic E-state index is 0.141. The number of hydrogen-bond donors (Lipinski definition) is 1. The van der Waals surface area contributed by atoms with Gasteiger partial charge in [-0.25, -0.2) is 0 Å². The van der Waals surface area contributed by atoms with E-state index in [1.807, 2.05) is 0 Å². The van der Waals surface area contributed by atoms with E-state index in [1.165, 1.54) is 12.8 Å². The van der Waals surface area contributed by atoms with E-state index in [0.717, 1.165) is 38.8 Å². The Morgan fingerprint density at radius 2 is 2.00 bits per heavy atom. The molecule has 1 aliphatic heterocycles. The minimum atomic E-state index is -4.51. The monoisotopic (exact) mass is 294 g/mol. The van der Waals surface area contributed by atoms with Crippen LogP contribution >= 0.6 is 0 Å². The van der Waals surface area contributed by atoms with Crippen molar-refractivity contribution in [3.05, 3.63) is 0 Å². The van der Waals surface area contributed by atoms with Gasteiger partial charge in [0, 0.05) is 31.2 Å². The molecule has 0 aromatic carbocycles. The smallest absolute Gasteiger partial charge is 0.308 e. The number of nitrogens with zero attached hydrogens (tertiary/aromatic N) is 1. The Morgan fingerprint density at radius 1 is 1.30 bits per heavy atom. The second-order valence-electron chi connectivity index (χ2n) is 6.08. The van der Waals surface area contributed by atoms with Crippen molar-refractivity contribution in [2.45, 2.75) is 63.4 Å². The van der Waals surface area contributed by atoms with Crippen molar-refractivity contribution in [1.29, 1.82) is 0 Å². The average Bonchev–Trinajstić information content (AvgIpc) is 2.80. The first-order valence-corrected chi connectivity index (χ1v) is 7.64. The van der Waals surface area contributed by atoms with Gasteiger partial charge in [0.15, 0.2) is 0 Å². The lowest BCUT2D eigenvalue weighted by atomic mass is 9.91. The highest BCUT2D eigenvalue weighted by molar-refractivity contribution is 5.00. The Bertz CT molecular complexity index is 303. The van der Waals surface area contributed by atoms with Crippen LogP contribution in [0.3, 0.4) is 0 Å². The minimum Gasteiger partial charge on any atom is -0.308 e. The summed E-state index contributed by atoms with van der Waals surface area (Å²) in [5, 5.41) is 3.66. The van der Waals surface area contributed by atoms with Gasteiger partial charge in [-0.2, -0.15) is 0 Å². The zero-order chi connectivity index (χ0) is 14.6. The van der Waals surface area contributed by atoms with Gasteiger partial charge in [0.2, 0.25) is 0 Å². The maximum atomic E-state index is 12.1. The van der Waals surface area contributed by atoms with Crippen molar-refractivity contribution < 1.29 is 17.9 Å². The van der Waals surface area contributed by atoms with E-state index in [9.17, 15) is 13.2 Å². The molecule has 2 rings (SSSR count). The molecule has 118 valence electrons. The molecule has 6 heteroatoms. The molecule has 0 aromatic rings. The summed E-state index contributed by atoms with van der Waals surface area (Å²) in [6, 6.07) is 0.336. The highest BCUT2D eigenvalue weighted by atomic mass is 19.4. The van der Waals surface area contributed by atoms with Gasteiger partial charge in [-0.1, -0.05) is 26.2 Å². The lowest BCUT2D eigenvalue weighted by Crippen LogP contribution is -2.63. The Morgan fingerprint density at radius 3 is 2.60 bits per heavy atom. The summed E-state index contributed by atoms with van der Waals surface area (Å²) >= 11 is 0. The van der Waals surface area contributed by atoms with Gasteiger partial charge in [0.1, 0.15) is 0 Å². The number of nitrogens with one attached hydrogen (secondary N) is 1. The van der Waals surface area contributed by atoms with Crippen LogP contribution in [-0.4, -0.2) is 49.1 Å². The normalized spacial score (nSPS) is 27.3. The van der Waals surface area contributed by atoms with E-state index in [0.29, 0.717) is 12.6 Å². The van der Waals surface area contributed by atoms with Crippen LogP contribution in [0, 0.1) is 0 Å². The Labute approximate surface area is 118 Å². The Kier molecular flexibility index (Phi) is 5.31. The number of halogens is 3. The van der Waals surface area contributed by atoms with Gasteiger partial charge >= 0.3 is 6.36 Å². The molecule has 1 heterocycles. The fourth-order valence-electron chi connectivity index (χ4n) is 3.58. The zero-order valence-corrected chi connectivity index (χ0v) is 12.1. The second-order valence-corrected chi connectivity index (χ2v) is 6.08. The standard InChI is InChI=1S/C14H25F3N2O/c1-2-5-12-10-18-13(6-3-4-7-13)11-19(12)8-9-20-14(15,16)17/h12,18H,2-11H2,1H3. The first-order chi connectivity index (χ1) is 9.44. The van der Waals surface area contributed by atoms with E-state index >= 15 is 0 Å². The lowest BCUT2D eigenvalue weighted by molar-refractivity contribution is -0.325. The molecule has 1 atom stereocenters. The molecule has 1 spiro atoms. The molecule has 2 aliphatic rings. The van der Waals surface area contributed by atoms with Gasteiger partial charge < -0.3 is 5.32 Å². The van der Waals surface area contributed by atoms with Crippen molar-refractivity contribution >= 4 is 0 Å². The number of ether oxygens (including phenoxy) is 1. The van der Waals surface area contributed by atoms with Crippen LogP contribution in [0.1, 0.15) is 45.4 Å². The summed E-state index contributed by atoms with van der Waals surface area (Å²) in [5.41, 5.74) is 0.141. The van der Waals surface area contributed by atoms with Crippen molar-refractivity contribution in [3.8, 4) is 0 Å². The molecule has 1 unspecified atom stereocenters. The molecule has 0 amide bonds. The van der Waals surface area contributed by atoms with Crippen molar-refractivity contribution in [3.63, 3.8) is 0 Å². The van der Waals surface area contributed by atoms with Crippen LogP contribution < -0.4 is 5.32 Å². The lowest BCUT2D eigenvalue weighted by Gasteiger charge is -2.46. The molecule has 0 aromatic heterocycles. The number of hydrogen-bond acceptors (Lipinski definition) is 3. The third-order valence-electron chi connectivity index (χ3n) is 4.56. The second kappa shape index (κ2) is 6.62. The van der Waals surface area contributed by atoms with Crippen molar-refractivity contribution in [1.82, 2.24) is 10.2 Å². The summed E-state index contributed by atoms with van der Waals surface area (Å²) < 4.78 is 40.2. The van der Waals surface area contributed by atoms with Gasteiger partial charge in [0.05, 0.1) is 6.61 Å². The predicted molar refractivity (Wildman–Crippen MR) is 71.5 cm³/mol. The molecule has 0 bridgehead atoms. The van der Waals surface area contributed by atoms with Crippen LogP contribution in [0.2, 0.25) is 0 Å². The third-order valence-corrected chi connectivity index (χ3v) is 4.56. The summed E-state index contributed by atoms with van der Waals surface area (Å²) in [7, 11) is 0. The molecule has 1 saturated carbocycles. The molecule has 2 fully saturated rings. The fraction of sp³-hybridized carbons (Fsp3) is 1.00. The predicted octanol–water partition coefficient (Wildman–Crippen LogP) is 2.91. The molecule has 20 heavy (non-hydrogen) atoms. The summed E-state index contributed by atoms with van der Waals surface area (Å²) in [6.07, 6.45) is 2.28. The summed E-state index contributed by atoms with van der Waals surface area (Å²) in [4.78, 5) is 2.21.